The van der Waals surface area contributed by atoms with Crippen LogP contribution >= 0.6 is 0 Å². The highest BCUT2D eigenvalue weighted by Gasteiger charge is 2.42. The largest absolute Gasteiger partial charge is 0.376 e. The van der Waals surface area contributed by atoms with E-state index in [4.69, 9.17) is 9.47 Å². The van der Waals surface area contributed by atoms with Crippen molar-refractivity contribution >= 4 is 11.6 Å². The van der Waals surface area contributed by atoms with Gasteiger partial charge in [0, 0.05) is 25.5 Å². The third-order valence-corrected chi connectivity index (χ3v) is 4.71. The predicted octanol–water partition coefficient (Wildman–Crippen LogP) is 0.620. The smallest absolute Gasteiger partial charge is 0.255 e. The Bertz CT molecular complexity index is 745. The lowest BCUT2D eigenvalue weighted by Crippen LogP contribution is -2.60. The van der Waals surface area contributed by atoms with E-state index in [1.54, 1.807) is 36.9 Å². The predicted molar refractivity (Wildman–Crippen MR) is 93.9 cm³/mol. The Labute approximate surface area is 151 Å². The molecule has 8 heteroatoms. The van der Waals surface area contributed by atoms with E-state index in [0.717, 1.165) is 12.2 Å². The van der Waals surface area contributed by atoms with Gasteiger partial charge in [0.1, 0.15) is 11.9 Å². The number of aromatic nitrogens is 3. The Hall–Kier alpha value is -2.58. The summed E-state index contributed by atoms with van der Waals surface area (Å²) < 4.78 is 12.0. The van der Waals surface area contributed by atoms with Crippen LogP contribution < -0.4 is 4.90 Å². The van der Waals surface area contributed by atoms with Gasteiger partial charge in [-0.25, -0.2) is 9.97 Å². The van der Waals surface area contributed by atoms with E-state index in [9.17, 15) is 4.79 Å². The molecule has 26 heavy (non-hydrogen) atoms. The number of carbonyl (C=O) groups is 1. The fourth-order valence-corrected chi connectivity index (χ4v) is 3.45. The van der Waals surface area contributed by atoms with Crippen LogP contribution in [0.4, 0.5) is 5.69 Å². The Kier molecular flexibility index (Phi) is 4.77. The molecular formula is C18H21N5O3. The number of ether oxygens (including phenoxy) is 2. The standard InChI is InChI=1S/C18H21N5O3/c24-17(15-2-1-3-19-8-15)23-5-7-26-18(12-23)11-22(4-6-25-13-18)16-9-20-14-21-10-16/h1-3,8-10,14H,4-7,11-13H2. The molecule has 0 aromatic carbocycles. The molecule has 0 radical (unpaired) electrons. The van der Waals surface area contributed by atoms with Crippen molar-refractivity contribution in [3.05, 3.63) is 48.8 Å². The van der Waals surface area contributed by atoms with Crippen LogP contribution in [0.2, 0.25) is 0 Å². The normalized spacial score (nSPS) is 23.7. The summed E-state index contributed by atoms with van der Waals surface area (Å²) in [5.74, 6) is -0.0281. The van der Waals surface area contributed by atoms with Gasteiger partial charge in [0.05, 0.1) is 56.6 Å². The molecule has 1 amide bonds. The maximum absolute atomic E-state index is 12.8. The van der Waals surface area contributed by atoms with Crippen molar-refractivity contribution in [1.29, 1.82) is 0 Å². The van der Waals surface area contributed by atoms with Crippen LogP contribution in [0.25, 0.3) is 0 Å². The van der Waals surface area contributed by atoms with E-state index in [1.165, 1.54) is 6.33 Å². The topological polar surface area (TPSA) is 80.7 Å². The van der Waals surface area contributed by atoms with E-state index < -0.39 is 5.60 Å². The molecule has 0 saturated carbocycles. The fraction of sp³-hybridized carbons (Fsp3) is 0.444. The summed E-state index contributed by atoms with van der Waals surface area (Å²) in [6.45, 7) is 3.92. The maximum atomic E-state index is 12.8. The summed E-state index contributed by atoms with van der Waals surface area (Å²) in [6.07, 6.45) is 8.35. The van der Waals surface area contributed by atoms with Gasteiger partial charge in [-0.1, -0.05) is 0 Å². The zero-order chi connectivity index (χ0) is 17.8. The molecule has 2 saturated heterocycles. The van der Waals surface area contributed by atoms with E-state index >= 15 is 0 Å². The number of nitrogens with zero attached hydrogens (tertiary/aromatic N) is 5. The number of anilines is 1. The van der Waals surface area contributed by atoms with Gasteiger partial charge in [-0.2, -0.15) is 0 Å². The van der Waals surface area contributed by atoms with Crippen molar-refractivity contribution in [2.75, 3.05) is 50.9 Å². The maximum Gasteiger partial charge on any atom is 0.255 e. The molecule has 1 atom stereocenters. The molecule has 0 N–H and O–H groups in total. The third kappa shape index (κ3) is 3.51. The van der Waals surface area contributed by atoms with Crippen molar-refractivity contribution in [2.45, 2.75) is 5.60 Å². The van der Waals surface area contributed by atoms with E-state index in [1.807, 2.05) is 4.90 Å². The molecule has 2 aromatic rings. The molecule has 2 aromatic heterocycles. The fourth-order valence-electron chi connectivity index (χ4n) is 3.45. The molecular weight excluding hydrogens is 334 g/mol. The summed E-state index contributed by atoms with van der Waals surface area (Å²) in [7, 11) is 0. The summed E-state index contributed by atoms with van der Waals surface area (Å²) in [5.41, 5.74) is 0.951. The Balaban J connectivity index is 1.53. The molecule has 136 valence electrons. The number of carbonyl (C=O) groups excluding carboxylic acids is 1. The average Bonchev–Trinajstić information content (AvgIpc) is 2.91. The lowest BCUT2D eigenvalue weighted by atomic mass is 10.0. The van der Waals surface area contributed by atoms with Gasteiger partial charge >= 0.3 is 0 Å². The first kappa shape index (κ1) is 16.9. The minimum Gasteiger partial charge on any atom is -0.376 e. The molecule has 1 unspecified atom stereocenters. The van der Waals surface area contributed by atoms with Crippen LogP contribution in [-0.4, -0.2) is 77.4 Å². The highest BCUT2D eigenvalue weighted by molar-refractivity contribution is 5.94. The molecule has 1 spiro atoms. The van der Waals surface area contributed by atoms with Crippen LogP contribution in [0.5, 0.6) is 0 Å². The number of hydrogen-bond donors (Lipinski definition) is 0. The summed E-state index contributed by atoms with van der Waals surface area (Å²) in [6, 6.07) is 3.56. The van der Waals surface area contributed by atoms with Crippen LogP contribution in [0.15, 0.2) is 43.2 Å². The molecule has 4 rings (SSSR count). The van der Waals surface area contributed by atoms with E-state index in [-0.39, 0.29) is 5.91 Å². The number of amides is 1. The van der Waals surface area contributed by atoms with Gasteiger partial charge in [0.2, 0.25) is 0 Å². The van der Waals surface area contributed by atoms with Crippen LogP contribution in [0, 0.1) is 0 Å². The summed E-state index contributed by atoms with van der Waals surface area (Å²) in [5, 5.41) is 0. The van der Waals surface area contributed by atoms with Gasteiger partial charge < -0.3 is 19.3 Å². The van der Waals surface area contributed by atoms with Crippen LogP contribution in [0.1, 0.15) is 10.4 Å². The zero-order valence-corrected chi connectivity index (χ0v) is 14.5. The Morgan fingerprint density at radius 2 is 1.96 bits per heavy atom. The molecule has 8 nitrogen and oxygen atoms in total. The Morgan fingerprint density at radius 1 is 1.08 bits per heavy atom. The highest BCUT2D eigenvalue weighted by atomic mass is 16.5. The lowest BCUT2D eigenvalue weighted by molar-refractivity contribution is -0.124. The van der Waals surface area contributed by atoms with Crippen molar-refractivity contribution in [3.8, 4) is 0 Å². The van der Waals surface area contributed by atoms with Gasteiger partial charge in [-0.3, -0.25) is 9.78 Å². The number of pyridine rings is 1. The van der Waals surface area contributed by atoms with Crippen molar-refractivity contribution in [2.24, 2.45) is 0 Å². The Morgan fingerprint density at radius 3 is 2.77 bits per heavy atom. The number of morpholine rings is 1. The van der Waals surface area contributed by atoms with Gasteiger partial charge in [0.15, 0.2) is 0 Å². The first-order valence-electron chi connectivity index (χ1n) is 8.67. The second-order valence-electron chi connectivity index (χ2n) is 6.57. The molecule has 2 aliphatic heterocycles. The van der Waals surface area contributed by atoms with E-state index in [0.29, 0.717) is 45.0 Å². The number of rotatable bonds is 2. The minimum atomic E-state index is -0.567. The van der Waals surface area contributed by atoms with Crippen molar-refractivity contribution < 1.29 is 14.3 Å². The van der Waals surface area contributed by atoms with Gasteiger partial charge in [-0.05, 0) is 12.1 Å². The summed E-state index contributed by atoms with van der Waals surface area (Å²) in [4.78, 5) is 29.1. The molecule has 2 fully saturated rings. The first-order chi connectivity index (χ1) is 12.8. The molecule has 0 aliphatic carbocycles. The molecule has 4 heterocycles. The molecule has 2 aliphatic rings. The van der Waals surface area contributed by atoms with Gasteiger partial charge in [-0.15, -0.1) is 0 Å². The third-order valence-electron chi connectivity index (χ3n) is 4.71. The SMILES string of the molecule is O=C(c1cccnc1)N1CCOC2(COCCN(c3cncnc3)C2)C1. The second kappa shape index (κ2) is 7.35. The zero-order valence-electron chi connectivity index (χ0n) is 14.5. The lowest BCUT2D eigenvalue weighted by Gasteiger charge is -2.43. The quantitative estimate of drug-likeness (QED) is 0.781. The monoisotopic (exact) mass is 355 g/mol. The summed E-state index contributed by atoms with van der Waals surface area (Å²) >= 11 is 0. The van der Waals surface area contributed by atoms with Gasteiger partial charge in [0.25, 0.3) is 5.91 Å². The van der Waals surface area contributed by atoms with Crippen molar-refractivity contribution in [1.82, 2.24) is 19.9 Å². The first-order valence-corrected chi connectivity index (χ1v) is 8.67. The average molecular weight is 355 g/mol. The highest BCUT2D eigenvalue weighted by Crippen LogP contribution is 2.26. The second-order valence-corrected chi connectivity index (χ2v) is 6.57. The number of hydrogen-bond acceptors (Lipinski definition) is 7. The van der Waals surface area contributed by atoms with Crippen LogP contribution in [0.3, 0.4) is 0 Å². The van der Waals surface area contributed by atoms with Crippen molar-refractivity contribution in [3.63, 3.8) is 0 Å². The minimum absolute atomic E-state index is 0.0281. The molecule has 0 bridgehead atoms. The van der Waals surface area contributed by atoms with Crippen LogP contribution in [-0.2, 0) is 9.47 Å². The van der Waals surface area contributed by atoms with E-state index in [2.05, 4.69) is 19.9 Å².